The van der Waals surface area contributed by atoms with E-state index >= 15 is 0 Å². The van der Waals surface area contributed by atoms with E-state index in [1.807, 2.05) is 0 Å². The van der Waals surface area contributed by atoms with E-state index in [4.69, 9.17) is 25.8 Å². The summed E-state index contributed by atoms with van der Waals surface area (Å²) in [4.78, 5) is 75.4. The number of nitrogens with one attached hydrogen (secondary N) is 1. The molecule has 19 heteroatoms. The molecule has 3 fully saturated rings. The highest BCUT2D eigenvalue weighted by atomic mass is 32.2. The number of esters is 1. The number of carbonyl (C=O) groups is 5. The van der Waals surface area contributed by atoms with Crippen LogP contribution in [0.5, 0.6) is 0 Å². The Balaban J connectivity index is 1.55. The maximum atomic E-state index is 13.4. The predicted molar refractivity (Wildman–Crippen MR) is 149 cm³/mol. The molecule has 3 aliphatic heterocycles. The van der Waals surface area contributed by atoms with Crippen LogP contribution in [0.2, 0.25) is 0 Å². The Hall–Kier alpha value is -3.58. The number of hydrazine groups is 1. The molecule has 41 heavy (non-hydrogen) atoms. The summed E-state index contributed by atoms with van der Waals surface area (Å²) in [5, 5.41) is 8.42. The number of carbonyl (C=O) groups excluding carboxylic acids is 5. The summed E-state index contributed by atoms with van der Waals surface area (Å²) < 4.78 is 10.4. The summed E-state index contributed by atoms with van der Waals surface area (Å²) in [5.41, 5.74) is 3.10. The normalized spacial score (nSPS) is 24.6. The molecule has 0 aromatic carbocycles. The van der Waals surface area contributed by atoms with E-state index in [2.05, 4.69) is 15.5 Å². The number of ether oxygens (including phenoxy) is 1. The summed E-state index contributed by atoms with van der Waals surface area (Å²) >= 11 is 2.06. The Bertz CT molecular complexity index is 1320. The first-order chi connectivity index (χ1) is 19.0. The molecule has 4 rings (SSSR count). The quantitative estimate of drug-likeness (QED) is 0.0576. The van der Waals surface area contributed by atoms with Gasteiger partial charge in [0, 0.05) is 11.9 Å². The molecule has 16 nitrogen and oxygen atoms in total. The third kappa shape index (κ3) is 5.65. The Kier molecular flexibility index (Phi) is 7.91. The maximum Gasteiger partial charge on any atom is 0.353 e. The molecule has 3 atom stereocenters. The van der Waals surface area contributed by atoms with Gasteiger partial charge in [0.15, 0.2) is 10.8 Å². The molecule has 4 heterocycles. The number of oxime groups is 1. The van der Waals surface area contributed by atoms with Crippen LogP contribution in [0.15, 0.2) is 10.5 Å². The van der Waals surface area contributed by atoms with Gasteiger partial charge in [-0.2, -0.15) is 0 Å². The number of hydrogen-bond acceptors (Lipinski definition) is 14. The number of fused-ring (bicyclic) bond motifs is 1. The highest BCUT2D eigenvalue weighted by Crippen LogP contribution is 2.50. The van der Waals surface area contributed by atoms with Gasteiger partial charge in [-0.25, -0.2) is 20.4 Å². The first-order valence-electron chi connectivity index (χ1n) is 12.4. The van der Waals surface area contributed by atoms with Crippen molar-refractivity contribution in [1.82, 2.24) is 25.1 Å². The Morgan fingerprint density at radius 1 is 1.22 bits per heavy atom. The second kappa shape index (κ2) is 10.7. The lowest BCUT2D eigenvalue weighted by atomic mass is 10.0. The van der Waals surface area contributed by atoms with E-state index in [0.29, 0.717) is 0 Å². The van der Waals surface area contributed by atoms with Crippen LogP contribution in [0.1, 0.15) is 40.3 Å². The summed E-state index contributed by atoms with van der Waals surface area (Å²) in [7, 11) is 1.18. The van der Waals surface area contributed by atoms with Gasteiger partial charge >= 0.3 is 26.0 Å². The number of nitrogens with two attached hydrogens (primary N) is 2. The number of nitrogens with zero attached hydrogens (tertiary/aromatic N) is 5. The minimum atomic E-state index is -1.58. The fraction of sp³-hybridized carbons (Fsp3) is 0.591. The van der Waals surface area contributed by atoms with Crippen LogP contribution in [0.3, 0.4) is 0 Å². The second-order valence-corrected chi connectivity index (χ2v) is 13.2. The lowest BCUT2D eigenvalue weighted by molar-refractivity contribution is -0.179. The van der Waals surface area contributed by atoms with Crippen LogP contribution < -0.4 is 16.9 Å². The van der Waals surface area contributed by atoms with Crippen molar-refractivity contribution in [3.63, 3.8) is 0 Å². The van der Waals surface area contributed by atoms with Crippen LogP contribution in [0.25, 0.3) is 0 Å². The summed E-state index contributed by atoms with van der Waals surface area (Å²) in [6.07, 6.45) is 0. The molecule has 0 aliphatic carbocycles. The van der Waals surface area contributed by atoms with E-state index in [1.165, 1.54) is 37.1 Å². The Morgan fingerprint density at radius 2 is 1.90 bits per heavy atom. The first-order valence-corrected chi connectivity index (χ1v) is 14.2. The molecule has 0 unspecified atom stereocenters. The van der Waals surface area contributed by atoms with Gasteiger partial charge in [0.2, 0.25) is 16.4 Å². The molecule has 3 saturated heterocycles. The zero-order chi connectivity index (χ0) is 30.5. The first kappa shape index (κ1) is 30.4. The number of hydrogen-bond donors (Lipinski definition) is 3. The number of rotatable bonds is 8. The number of urea groups is 1. The van der Waals surface area contributed by atoms with Gasteiger partial charge in [-0.05, 0) is 34.6 Å². The van der Waals surface area contributed by atoms with Crippen LogP contribution in [0, 0.1) is 0 Å². The topological polar surface area (TPSA) is 212 Å². The van der Waals surface area contributed by atoms with E-state index in [9.17, 15) is 24.0 Å². The number of aromatic nitrogens is 1. The van der Waals surface area contributed by atoms with Crippen molar-refractivity contribution in [3.05, 3.63) is 11.1 Å². The standard InChI is InChI=1S/C22H31BN8O8S2/c1-20(2,3)37-16(34)21(4,5)39-28-11(10-8-40-18(24)26-10)13(32)27-12-14(33)29-9-22(17(35)38-23,41-15(12)29)30-6-7-31(25)19(30)36/h8,12,15H,6-7,9,23,25H2,1-5H3,(H2,24,26)(H,27,32)/b28-11-/t12-,15-,22-/m1/s1. The molecule has 3 aliphatic rings. The highest BCUT2D eigenvalue weighted by molar-refractivity contribution is 8.02. The molecule has 4 amide bonds. The summed E-state index contributed by atoms with van der Waals surface area (Å²) in [6.45, 7) is 8.13. The predicted octanol–water partition coefficient (Wildman–Crippen LogP) is -1.63. The van der Waals surface area contributed by atoms with Gasteiger partial charge in [-0.1, -0.05) is 16.9 Å². The van der Waals surface area contributed by atoms with Crippen LogP contribution in [-0.2, 0) is 33.4 Å². The molecule has 0 saturated carbocycles. The third-order valence-corrected chi connectivity index (χ3v) is 8.69. The van der Waals surface area contributed by atoms with Gasteiger partial charge in [0.25, 0.3) is 5.91 Å². The largest absolute Gasteiger partial charge is 0.541 e. The third-order valence-electron chi connectivity index (χ3n) is 6.35. The maximum absolute atomic E-state index is 13.4. The van der Waals surface area contributed by atoms with Crippen molar-refractivity contribution < 1.29 is 38.2 Å². The number of amides is 4. The zero-order valence-electron chi connectivity index (χ0n) is 23.3. The van der Waals surface area contributed by atoms with Gasteiger partial charge < -0.3 is 30.2 Å². The van der Waals surface area contributed by atoms with Gasteiger partial charge in [0.05, 0.1) is 13.1 Å². The lowest BCUT2D eigenvalue weighted by Gasteiger charge is -2.41. The molecular formula is C22H31BN8O8S2. The number of thioether (sulfide) groups is 1. The van der Waals surface area contributed by atoms with E-state index < -0.39 is 57.3 Å². The molecule has 1 aromatic rings. The highest BCUT2D eigenvalue weighted by Gasteiger charge is 2.66. The van der Waals surface area contributed by atoms with Crippen LogP contribution >= 0.6 is 23.1 Å². The molecule has 0 bridgehead atoms. The van der Waals surface area contributed by atoms with E-state index in [-0.39, 0.29) is 36.2 Å². The van der Waals surface area contributed by atoms with Crippen LogP contribution in [-0.4, -0.2) is 110 Å². The Morgan fingerprint density at radius 3 is 2.44 bits per heavy atom. The molecule has 222 valence electrons. The second-order valence-electron chi connectivity index (χ2n) is 10.9. The van der Waals surface area contributed by atoms with Crippen molar-refractivity contribution in [1.29, 1.82) is 0 Å². The van der Waals surface area contributed by atoms with Crippen LogP contribution in [0.4, 0.5) is 9.93 Å². The van der Waals surface area contributed by atoms with Crippen molar-refractivity contribution in [2.24, 2.45) is 11.0 Å². The number of anilines is 1. The monoisotopic (exact) mass is 610 g/mol. The van der Waals surface area contributed by atoms with Crippen molar-refractivity contribution in [2.75, 3.05) is 25.4 Å². The average Bonchev–Trinajstić information content (AvgIpc) is 3.57. The summed E-state index contributed by atoms with van der Waals surface area (Å²) in [6, 6.07) is -1.66. The summed E-state index contributed by atoms with van der Waals surface area (Å²) in [5.74, 6) is 2.95. The van der Waals surface area contributed by atoms with Crippen molar-refractivity contribution in [3.8, 4) is 0 Å². The van der Waals surface area contributed by atoms with E-state index in [1.54, 1.807) is 20.8 Å². The molecule has 1 aromatic heterocycles. The zero-order valence-corrected chi connectivity index (χ0v) is 25.0. The SMILES string of the molecule is BOC(=O)[C@@]1(N2CCN(N)C2=O)CN2C(=O)[C@@H](NC(=O)/C(=N\OC(C)(C)C(=O)OC(C)(C)C)c3csc(N)n3)[C@H]2S1. The van der Waals surface area contributed by atoms with Gasteiger partial charge in [-0.15, -0.1) is 11.3 Å². The number of β-lactam (4-membered cyclic amide) rings is 1. The van der Waals surface area contributed by atoms with Gasteiger partial charge in [-0.3, -0.25) is 24.3 Å². The minimum Gasteiger partial charge on any atom is -0.541 e. The minimum absolute atomic E-state index is 0.0577. The van der Waals surface area contributed by atoms with Crippen molar-refractivity contribution >= 4 is 71.8 Å². The number of nitrogen functional groups attached to an aromatic ring is 1. The molecular weight excluding hydrogens is 579 g/mol. The molecule has 5 N–H and O–H groups in total. The number of thiazole rings is 1. The fourth-order valence-electron chi connectivity index (χ4n) is 4.25. The molecule has 0 spiro atoms. The average molecular weight is 610 g/mol. The fourth-order valence-corrected chi connectivity index (χ4v) is 6.52. The molecule has 0 radical (unpaired) electrons. The smallest absolute Gasteiger partial charge is 0.353 e. The van der Waals surface area contributed by atoms with Gasteiger partial charge in [0.1, 0.15) is 22.7 Å². The van der Waals surface area contributed by atoms with Crippen molar-refractivity contribution in [2.45, 2.75) is 62.1 Å². The Labute approximate surface area is 244 Å². The lowest BCUT2D eigenvalue weighted by Crippen LogP contribution is -2.68. The van der Waals surface area contributed by atoms with E-state index in [0.717, 1.165) is 28.1 Å².